The van der Waals surface area contributed by atoms with Crippen LogP contribution in [0.3, 0.4) is 0 Å². The zero-order valence-electron chi connectivity index (χ0n) is 19.2. The van der Waals surface area contributed by atoms with Gasteiger partial charge in [0.1, 0.15) is 6.04 Å². The van der Waals surface area contributed by atoms with Gasteiger partial charge in [0.05, 0.1) is 32.2 Å². The fourth-order valence-corrected chi connectivity index (χ4v) is 4.64. The highest BCUT2D eigenvalue weighted by atomic mass is 32.2. The van der Waals surface area contributed by atoms with Crippen LogP contribution < -0.4 is 19.1 Å². The topological polar surface area (TPSA) is 84.9 Å². The summed E-state index contributed by atoms with van der Waals surface area (Å²) in [5.74, 6) is 0.781. The number of methoxy groups -OCH3 is 2. The SMILES string of the molecule is CC[C@H](C(=O)N[C@@H](C)c1ccc(OC)c(OC)c1)N(c1ccc(C)c(C)c1)S(C)(=O)=O. The minimum absolute atomic E-state index is 0.324. The Labute approximate surface area is 185 Å². The van der Waals surface area contributed by atoms with Crippen LogP contribution in [0.2, 0.25) is 0 Å². The van der Waals surface area contributed by atoms with Crippen LogP contribution in [0.25, 0.3) is 0 Å². The van der Waals surface area contributed by atoms with E-state index in [9.17, 15) is 13.2 Å². The van der Waals surface area contributed by atoms with Gasteiger partial charge in [0.25, 0.3) is 0 Å². The number of aryl methyl sites for hydroxylation is 2. The molecular weight excluding hydrogens is 416 g/mol. The molecule has 0 aromatic heterocycles. The number of carbonyl (C=O) groups is 1. The van der Waals surface area contributed by atoms with Gasteiger partial charge in [0.2, 0.25) is 15.9 Å². The number of ether oxygens (including phenoxy) is 2. The maximum absolute atomic E-state index is 13.2. The van der Waals surface area contributed by atoms with E-state index >= 15 is 0 Å². The third-order valence-electron chi connectivity index (χ3n) is 5.34. The van der Waals surface area contributed by atoms with Gasteiger partial charge >= 0.3 is 0 Å². The van der Waals surface area contributed by atoms with Crippen LogP contribution in [0.4, 0.5) is 5.69 Å². The van der Waals surface area contributed by atoms with Crippen LogP contribution in [0.5, 0.6) is 11.5 Å². The van der Waals surface area contributed by atoms with E-state index in [0.717, 1.165) is 22.9 Å². The average Bonchev–Trinajstić information content (AvgIpc) is 2.72. The summed E-state index contributed by atoms with van der Waals surface area (Å²) < 4.78 is 37.1. The van der Waals surface area contributed by atoms with Crippen molar-refractivity contribution in [2.45, 2.75) is 46.2 Å². The lowest BCUT2D eigenvalue weighted by atomic mass is 10.1. The molecule has 0 bridgehead atoms. The van der Waals surface area contributed by atoms with Crippen molar-refractivity contribution in [3.8, 4) is 11.5 Å². The van der Waals surface area contributed by atoms with Crippen molar-refractivity contribution in [1.82, 2.24) is 5.32 Å². The maximum atomic E-state index is 13.2. The van der Waals surface area contributed by atoms with Crippen molar-refractivity contribution < 1.29 is 22.7 Å². The summed E-state index contributed by atoms with van der Waals surface area (Å²) in [6.45, 7) is 7.51. The molecule has 0 saturated heterocycles. The first-order valence-corrected chi connectivity index (χ1v) is 12.0. The number of nitrogens with zero attached hydrogens (tertiary/aromatic N) is 1. The molecule has 0 aliphatic carbocycles. The Morgan fingerprint density at radius 1 is 1.03 bits per heavy atom. The molecule has 170 valence electrons. The predicted molar refractivity (Wildman–Crippen MR) is 123 cm³/mol. The van der Waals surface area contributed by atoms with Gasteiger partial charge in [-0.05, 0) is 68.1 Å². The van der Waals surface area contributed by atoms with Crippen LogP contribution in [-0.2, 0) is 14.8 Å². The number of sulfonamides is 1. The summed E-state index contributed by atoms with van der Waals surface area (Å²) in [5.41, 5.74) is 3.31. The maximum Gasteiger partial charge on any atom is 0.244 e. The zero-order valence-corrected chi connectivity index (χ0v) is 20.0. The monoisotopic (exact) mass is 448 g/mol. The van der Waals surface area contributed by atoms with Crippen LogP contribution in [0.15, 0.2) is 36.4 Å². The Kier molecular flexibility index (Phi) is 7.95. The second-order valence-electron chi connectivity index (χ2n) is 7.60. The minimum Gasteiger partial charge on any atom is -0.493 e. The third-order valence-corrected chi connectivity index (χ3v) is 6.52. The lowest BCUT2D eigenvalue weighted by Gasteiger charge is -2.31. The Morgan fingerprint density at radius 2 is 1.68 bits per heavy atom. The van der Waals surface area contributed by atoms with E-state index in [-0.39, 0.29) is 11.9 Å². The highest BCUT2D eigenvalue weighted by Gasteiger charge is 2.32. The number of hydrogen-bond acceptors (Lipinski definition) is 5. The van der Waals surface area contributed by atoms with Crippen molar-refractivity contribution in [3.63, 3.8) is 0 Å². The van der Waals surface area contributed by atoms with Gasteiger partial charge in [0, 0.05) is 0 Å². The number of benzene rings is 2. The smallest absolute Gasteiger partial charge is 0.244 e. The summed E-state index contributed by atoms with van der Waals surface area (Å²) in [6.07, 6.45) is 1.44. The van der Waals surface area contributed by atoms with Crippen molar-refractivity contribution in [2.75, 3.05) is 24.8 Å². The fraction of sp³-hybridized carbons (Fsp3) is 0.435. The largest absolute Gasteiger partial charge is 0.493 e. The molecule has 1 amide bonds. The van der Waals surface area contributed by atoms with Crippen molar-refractivity contribution >= 4 is 21.6 Å². The first-order valence-electron chi connectivity index (χ1n) is 10.1. The number of hydrogen-bond donors (Lipinski definition) is 1. The summed E-state index contributed by atoms with van der Waals surface area (Å²) in [6, 6.07) is 9.56. The number of anilines is 1. The summed E-state index contributed by atoms with van der Waals surface area (Å²) >= 11 is 0. The van der Waals surface area contributed by atoms with E-state index in [2.05, 4.69) is 5.32 Å². The van der Waals surface area contributed by atoms with Crippen molar-refractivity contribution in [2.24, 2.45) is 0 Å². The van der Waals surface area contributed by atoms with E-state index in [1.165, 1.54) is 4.31 Å². The van der Waals surface area contributed by atoms with Gasteiger partial charge in [-0.3, -0.25) is 9.10 Å². The summed E-state index contributed by atoms with van der Waals surface area (Å²) in [5, 5.41) is 2.94. The first kappa shape index (κ1) is 24.5. The zero-order chi connectivity index (χ0) is 23.3. The minimum atomic E-state index is -3.69. The van der Waals surface area contributed by atoms with Gasteiger partial charge in [-0.15, -0.1) is 0 Å². The Balaban J connectivity index is 2.34. The Bertz CT molecular complexity index is 1040. The molecule has 0 aliphatic rings. The molecule has 2 atom stereocenters. The summed E-state index contributed by atoms with van der Waals surface area (Å²) in [4.78, 5) is 13.2. The molecule has 0 aliphatic heterocycles. The Morgan fingerprint density at radius 3 is 2.19 bits per heavy atom. The molecule has 0 spiro atoms. The van der Waals surface area contributed by atoms with Gasteiger partial charge in [-0.25, -0.2) is 8.42 Å². The van der Waals surface area contributed by atoms with Crippen LogP contribution in [0, 0.1) is 13.8 Å². The average molecular weight is 449 g/mol. The van der Waals surface area contributed by atoms with Gasteiger partial charge in [-0.2, -0.15) is 0 Å². The number of carbonyl (C=O) groups excluding carboxylic acids is 1. The van der Waals surface area contributed by atoms with Crippen LogP contribution >= 0.6 is 0 Å². The van der Waals surface area contributed by atoms with Gasteiger partial charge < -0.3 is 14.8 Å². The molecule has 0 unspecified atom stereocenters. The molecule has 7 nitrogen and oxygen atoms in total. The third kappa shape index (κ3) is 5.70. The molecule has 0 saturated carbocycles. The molecule has 0 radical (unpaired) electrons. The molecule has 31 heavy (non-hydrogen) atoms. The lowest BCUT2D eigenvalue weighted by molar-refractivity contribution is -0.122. The second kappa shape index (κ2) is 10.0. The number of rotatable bonds is 9. The molecule has 2 aromatic rings. The normalized spacial score (nSPS) is 13.3. The predicted octanol–water partition coefficient (Wildman–Crippen LogP) is 3.74. The lowest BCUT2D eigenvalue weighted by Crippen LogP contribution is -2.49. The van der Waals surface area contributed by atoms with E-state index in [0.29, 0.717) is 23.6 Å². The van der Waals surface area contributed by atoms with Gasteiger partial charge in [0.15, 0.2) is 11.5 Å². The molecule has 8 heteroatoms. The highest BCUT2D eigenvalue weighted by Crippen LogP contribution is 2.30. The summed E-state index contributed by atoms with van der Waals surface area (Å²) in [7, 11) is -0.584. The molecule has 2 aromatic carbocycles. The Hall–Kier alpha value is -2.74. The van der Waals surface area contributed by atoms with Crippen LogP contribution in [0.1, 0.15) is 43.0 Å². The quantitative estimate of drug-likeness (QED) is 0.632. The van der Waals surface area contributed by atoms with E-state index in [1.54, 1.807) is 45.4 Å². The highest BCUT2D eigenvalue weighted by molar-refractivity contribution is 7.92. The molecule has 0 fully saturated rings. The first-order chi connectivity index (χ1) is 14.5. The molecule has 2 rings (SSSR count). The van der Waals surface area contributed by atoms with E-state index < -0.39 is 16.1 Å². The van der Waals surface area contributed by atoms with Crippen molar-refractivity contribution in [3.05, 3.63) is 53.1 Å². The number of nitrogens with one attached hydrogen (secondary N) is 1. The molecule has 0 heterocycles. The fourth-order valence-electron chi connectivity index (χ4n) is 3.44. The van der Waals surface area contributed by atoms with E-state index in [1.807, 2.05) is 32.9 Å². The van der Waals surface area contributed by atoms with Crippen LogP contribution in [-0.4, -0.2) is 40.8 Å². The standard InChI is InChI=1S/C23H32N2O5S/c1-8-20(25(31(7,27)28)19-11-9-15(2)16(3)13-19)23(26)24-17(4)18-10-12-21(29-5)22(14-18)30-6/h9-14,17,20H,8H2,1-7H3,(H,24,26)/t17-,20+/m0/s1. The molecular formula is C23H32N2O5S. The second-order valence-corrected chi connectivity index (χ2v) is 9.46. The van der Waals surface area contributed by atoms with Crippen molar-refractivity contribution in [1.29, 1.82) is 0 Å². The molecule has 1 N–H and O–H groups in total. The van der Waals surface area contributed by atoms with Gasteiger partial charge in [-0.1, -0.05) is 19.1 Å². The van der Waals surface area contributed by atoms with E-state index in [4.69, 9.17) is 9.47 Å². The number of amides is 1.